The first-order chi connectivity index (χ1) is 11.0. The Morgan fingerprint density at radius 1 is 1.26 bits per heavy atom. The maximum absolute atomic E-state index is 13.8. The Hall–Kier alpha value is -2.40. The molecule has 0 aliphatic carbocycles. The van der Waals surface area contributed by atoms with Crippen molar-refractivity contribution in [2.75, 3.05) is 13.2 Å². The van der Waals surface area contributed by atoms with E-state index in [-0.39, 0.29) is 24.5 Å². The first kappa shape index (κ1) is 17.0. The number of nitrogens with one attached hydrogen (secondary N) is 1. The second-order valence-corrected chi connectivity index (χ2v) is 5.13. The molecule has 0 heterocycles. The molecule has 2 rings (SSSR count). The third-order valence-electron chi connectivity index (χ3n) is 3.50. The normalized spacial score (nSPS) is 11.8. The highest BCUT2D eigenvalue weighted by molar-refractivity contribution is 5.97. The van der Waals surface area contributed by atoms with E-state index in [9.17, 15) is 14.3 Å². The number of hydrogen-bond acceptors (Lipinski definition) is 3. The summed E-state index contributed by atoms with van der Waals surface area (Å²) in [6.07, 6.45) is -0.829. The van der Waals surface area contributed by atoms with Crippen LogP contribution in [-0.4, -0.2) is 24.2 Å². The molecule has 0 aliphatic heterocycles. The zero-order valence-electron chi connectivity index (χ0n) is 13.2. The van der Waals surface area contributed by atoms with Gasteiger partial charge in [0.25, 0.3) is 5.91 Å². The van der Waals surface area contributed by atoms with Gasteiger partial charge in [-0.1, -0.05) is 30.3 Å². The van der Waals surface area contributed by atoms with Crippen molar-refractivity contribution >= 4 is 5.91 Å². The van der Waals surface area contributed by atoms with Crippen molar-refractivity contribution in [1.29, 1.82) is 0 Å². The molecule has 0 aromatic heterocycles. The van der Waals surface area contributed by atoms with Crippen LogP contribution in [0.15, 0.2) is 42.5 Å². The molecule has 2 aromatic rings. The Bertz CT molecular complexity index is 688. The van der Waals surface area contributed by atoms with E-state index in [1.54, 1.807) is 13.0 Å². The SMILES string of the molecule is CCOc1c(F)cccc1C(=O)NCC(O)c1ccccc1C. The number of carbonyl (C=O) groups is 1. The smallest absolute Gasteiger partial charge is 0.255 e. The Labute approximate surface area is 134 Å². The molecule has 2 N–H and O–H groups in total. The van der Waals surface area contributed by atoms with Gasteiger partial charge in [-0.2, -0.15) is 0 Å². The van der Waals surface area contributed by atoms with Crippen molar-refractivity contribution in [2.45, 2.75) is 20.0 Å². The minimum absolute atomic E-state index is 0.0335. The number of carbonyl (C=O) groups excluding carboxylic acids is 1. The van der Waals surface area contributed by atoms with Crippen LogP contribution in [0.3, 0.4) is 0 Å². The molecule has 1 amide bonds. The van der Waals surface area contributed by atoms with Crippen LogP contribution in [0.2, 0.25) is 0 Å². The molecule has 2 aromatic carbocycles. The average molecular weight is 317 g/mol. The average Bonchev–Trinajstić information content (AvgIpc) is 2.54. The fourth-order valence-electron chi connectivity index (χ4n) is 2.33. The molecular weight excluding hydrogens is 297 g/mol. The maximum Gasteiger partial charge on any atom is 0.255 e. The van der Waals surface area contributed by atoms with Gasteiger partial charge in [-0.05, 0) is 37.1 Å². The monoisotopic (exact) mass is 317 g/mol. The van der Waals surface area contributed by atoms with Crippen molar-refractivity contribution < 1.29 is 19.0 Å². The van der Waals surface area contributed by atoms with Gasteiger partial charge in [0.15, 0.2) is 11.6 Å². The van der Waals surface area contributed by atoms with Crippen LogP contribution in [0.4, 0.5) is 4.39 Å². The molecule has 0 fully saturated rings. The molecule has 5 heteroatoms. The number of halogens is 1. The lowest BCUT2D eigenvalue weighted by Gasteiger charge is -2.16. The highest BCUT2D eigenvalue weighted by atomic mass is 19.1. The molecule has 0 radical (unpaired) electrons. The van der Waals surface area contributed by atoms with Crippen LogP contribution < -0.4 is 10.1 Å². The molecule has 1 atom stereocenters. The summed E-state index contributed by atoms with van der Waals surface area (Å²) in [5.41, 5.74) is 1.80. The zero-order chi connectivity index (χ0) is 16.8. The van der Waals surface area contributed by atoms with Crippen molar-refractivity contribution in [3.8, 4) is 5.75 Å². The largest absolute Gasteiger partial charge is 0.490 e. The van der Waals surface area contributed by atoms with Gasteiger partial charge in [-0.25, -0.2) is 4.39 Å². The Kier molecular flexibility index (Phi) is 5.71. The van der Waals surface area contributed by atoms with Crippen LogP contribution in [0.1, 0.15) is 34.5 Å². The molecule has 0 saturated heterocycles. The number of aliphatic hydroxyl groups is 1. The Balaban J connectivity index is 2.08. The lowest BCUT2D eigenvalue weighted by atomic mass is 10.0. The van der Waals surface area contributed by atoms with Gasteiger partial charge in [0.1, 0.15) is 0 Å². The first-order valence-corrected chi connectivity index (χ1v) is 7.47. The van der Waals surface area contributed by atoms with E-state index < -0.39 is 17.8 Å². The lowest BCUT2D eigenvalue weighted by Crippen LogP contribution is -2.29. The van der Waals surface area contributed by atoms with E-state index in [1.807, 2.05) is 25.1 Å². The number of rotatable bonds is 6. The van der Waals surface area contributed by atoms with Gasteiger partial charge in [0, 0.05) is 6.54 Å². The van der Waals surface area contributed by atoms with Gasteiger partial charge in [-0.3, -0.25) is 4.79 Å². The van der Waals surface area contributed by atoms with E-state index in [1.165, 1.54) is 18.2 Å². The molecule has 23 heavy (non-hydrogen) atoms. The number of aliphatic hydroxyl groups excluding tert-OH is 1. The second kappa shape index (κ2) is 7.74. The minimum Gasteiger partial charge on any atom is -0.490 e. The summed E-state index contributed by atoms with van der Waals surface area (Å²) in [6, 6.07) is 11.6. The van der Waals surface area contributed by atoms with Crippen molar-refractivity contribution in [3.63, 3.8) is 0 Å². The Morgan fingerprint density at radius 2 is 2.00 bits per heavy atom. The number of ether oxygens (including phenoxy) is 1. The summed E-state index contributed by atoms with van der Waals surface area (Å²) in [7, 11) is 0. The number of amides is 1. The standard InChI is InChI=1S/C18H20FNO3/c1-3-23-17-14(9-6-10-15(17)19)18(22)20-11-16(21)13-8-5-4-7-12(13)2/h4-10,16,21H,3,11H2,1-2H3,(H,20,22). The number of benzene rings is 2. The highest BCUT2D eigenvalue weighted by Gasteiger charge is 2.18. The van der Waals surface area contributed by atoms with Crippen LogP contribution in [0, 0.1) is 12.7 Å². The molecule has 1 unspecified atom stereocenters. The first-order valence-electron chi connectivity index (χ1n) is 7.47. The molecule has 0 bridgehead atoms. The van der Waals surface area contributed by atoms with E-state index in [2.05, 4.69) is 5.32 Å². The van der Waals surface area contributed by atoms with Crippen LogP contribution >= 0.6 is 0 Å². The molecule has 0 spiro atoms. The predicted octanol–water partition coefficient (Wildman–Crippen LogP) is 3.00. The number of aryl methyl sites for hydroxylation is 1. The van der Waals surface area contributed by atoms with Gasteiger partial charge < -0.3 is 15.2 Å². The van der Waals surface area contributed by atoms with E-state index in [0.29, 0.717) is 0 Å². The molecule has 122 valence electrons. The molecule has 0 aliphatic rings. The third-order valence-corrected chi connectivity index (χ3v) is 3.50. The lowest BCUT2D eigenvalue weighted by molar-refractivity contribution is 0.0911. The topological polar surface area (TPSA) is 58.6 Å². The minimum atomic E-state index is -0.829. The summed E-state index contributed by atoms with van der Waals surface area (Å²) in [4.78, 5) is 12.2. The van der Waals surface area contributed by atoms with Gasteiger partial charge >= 0.3 is 0 Å². The summed E-state index contributed by atoms with van der Waals surface area (Å²) in [6.45, 7) is 3.90. The summed E-state index contributed by atoms with van der Waals surface area (Å²) in [5, 5.41) is 12.8. The van der Waals surface area contributed by atoms with E-state index in [0.717, 1.165) is 11.1 Å². The fraction of sp³-hybridized carbons (Fsp3) is 0.278. The third kappa shape index (κ3) is 4.07. The van der Waals surface area contributed by atoms with Crippen LogP contribution in [-0.2, 0) is 0 Å². The predicted molar refractivity (Wildman–Crippen MR) is 86.0 cm³/mol. The molecular formula is C18H20FNO3. The van der Waals surface area contributed by atoms with E-state index >= 15 is 0 Å². The van der Waals surface area contributed by atoms with Crippen LogP contribution in [0.25, 0.3) is 0 Å². The van der Waals surface area contributed by atoms with Crippen molar-refractivity contribution in [2.24, 2.45) is 0 Å². The fourth-order valence-corrected chi connectivity index (χ4v) is 2.33. The Morgan fingerprint density at radius 3 is 2.70 bits per heavy atom. The molecule has 4 nitrogen and oxygen atoms in total. The number of hydrogen-bond donors (Lipinski definition) is 2. The quantitative estimate of drug-likeness (QED) is 0.861. The zero-order valence-corrected chi connectivity index (χ0v) is 13.2. The number of para-hydroxylation sites is 1. The van der Waals surface area contributed by atoms with Gasteiger partial charge in [0.05, 0.1) is 18.3 Å². The maximum atomic E-state index is 13.8. The second-order valence-electron chi connectivity index (χ2n) is 5.13. The van der Waals surface area contributed by atoms with Gasteiger partial charge in [-0.15, -0.1) is 0 Å². The van der Waals surface area contributed by atoms with Crippen molar-refractivity contribution in [1.82, 2.24) is 5.32 Å². The summed E-state index contributed by atoms with van der Waals surface area (Å²) >= 11 is 0. The molecule has 0 saturated carbocycles. The highest BCUT2D eigenvalue weighted by Crippen LogP contribution is 2.23. The van der Waals surface area contributed by atoms with Gasteiger partial charge in [0.2, 0.25) is 0 Å². The summed E-state index contributed by atoms with van der Waals surface area (Å²) in [5.74, 6) is -1.14. The van der Waals surface area contributed by atoms with Crippen LogP contribution in [0.5, 0.6) is 5.75 Å². The summed E-state index contributed by atoms with van der Waals surface area (Å²) < 4.78 is 19.0. The van der Waals surface area contributed by atoms with Crippen molar-refractivity contribution in [3.05, 3.63) is 65.0 Å². The van der Waals surface area contributed by atoms with E-state index in [4.69, 9.17) is 4.74 Å².